The average Bonchev–Trinajstić information content (AvgIpc) is 3.20. The van der Waals surface area contributed by atoms with E-state index in [4.69, 9.17) is 4.74 Å². The van der Waals surface area contributed by atoms with Gasteiger partial charge in [-0.1, -0.05) is 6.92 Å². The van der Waals surface area contributed by atoms with Gasteiger partial charge in [0.15, 0.2) is 0 Å². The van der Waals surface area contributed by atoms with Gasteiger partial charge in [-0.3, -0.25) is 9.59 Å². The van der Waals surface area contributed by atoms with E-state index < -0.39 is 0 Å². The van der Waals surface area contributed by atoms with Gasteiger partial charge < -0.3 is 15.0 Å². The van der Waals surface area contributed by atoms with E-state index in [1.807, 2.05) is 18.7 Å². The highest BCUT2D eigenvalue weighted by Gasteiger charge is 2.50. The smallest absolute Gasteiger partial charge is 0.246 e. The Bertz CT molecular complexity index is 402. The summed E-state index contributed by atoms with van der Waals surface area (Å²) in [5.41, 5.74) is 0. The molecule has 0 aromatic carbocycles. The highest BCUT2D eigenvalue weighted by Crippen LogP contribution is 2.38. The van der Waals surface area contributed by atoms with Gasteiger partial charge in [0.2, 0.25) is 11.8 Å². The van der Waals surface area contributed by atoms with Crippen LogP contribution in [0.2, 0.25) is 0 Å². The molecule has 1 aliphatic heterocycles. The number of amides is 2. The van der Waals surface area contributed by atoms with Crippen LogP contribution in [0.1, 0.15) is 46.0 Å². The number of piperazine rings is 1. The summed E-state index contributed by atoms with van der Waals surface area (Å²) in [6.45, 7) is 4.68. The van der Waals surface area contributed by atoms with Crippen LogP contribution in [-0.2, 0) is 14.3 Å². The summed E-state index contributed by atoms with van der Waals surface area (Å²) in [5, 5.41) is 2.94. The molecule has 5 heteroatoms. The van der Waals surface area contributed by atoms with E-state index in [-0.39, 0.29) is 36.0 Å². The molecule has 1 saturated heterocycles. The molecule has 20 heavy (non-hydrogen) atoms. The van der Waals surface area contributed by atoms with Crippen LogP contribution in [0.5, 0.6) is 0 Å². The Morgan fingerprint density at radius 3 is 2.50 bits per heavy atom. The first-order valence-electron chi connectivity index (χ1n) is 7.89. The van der Waals surface area contributed by atoms with Gasteiger partial charge in [0.1, 0.15) is 12.1 Å². The summed E-state index contributed by atoms with van der Waals surface area (Å²) in [5.74, 6) is 0.539. The summed E-state index contributed by atoms with van der Waals surface area (Å²) in [6.07, 6.45) is 4.83. The van der Waals surface area contributed by atoms with Gasteiger partial charge in [-0.05, 0) is 44.9 Å². The molecule has 0 aromatic heterocycles. The lowest BCUT2D eigenvalue weighted by atomic mass is 9.84. The molecule has 3 fully saturated rings. The molecule has 2 unspecified atom stereocenters. The Morgan fingerprint density at radius 1 is 1.25 bits per heavy atom. The molecule has 112 valence electrons. The molecule has 0 aromatic rings. The van der Waals surface area contributed by atoms with E-state index in [9.17, 15) is 9.59 Å². The largest absolute Gasteiger partial charge is 0.378 e. The molecule has 3 rings (SSSR count). The van der Waals surface area contributed by atoms with Crippen molar-refractivity contribution in [1.82, 2.24) is 10.2 Å². The highest BCUT2D eigenvalue weighted by atomic mass is 16.5. The van der Waals surface area contributed by atoms with Gasteiger partial charge in [-0.25, -0.2) is 0 Å². The van der Waals surface area contributed by atoms with Crippen LogP contribution in [-0.4, -0.2) is 47.6 Å². The number of nitrogens with one attached hydrogen (secondary N) is 1. The number of hydrogen-bond donors (Lipinski definition) is 1. The van der Waals surface area contributed by atoms with Crippen LogP contribution >= 0.6 is 0 Å². The third-order valence-corrected chi connectivity index (χ3v) is 4.80. The second-order valence-electron chi connectivity index (χ2n) is 6.20. The molecule has 2 aliphatic carbocycles. The second kappa shape index (κ2) is 5.35. The number of rotatable bonds is 5. The van der Waals surface area contributed by atoms with Crippen molar-refractivity contribution in [2.24, 2.45) is 5.92 Å². The van der Waals surface area contributed by atoms with E-state index in [0.29, 0.717) is 18.9 Å². The SMILES string of the molecule is CCOC1CC(N2C(=O)C(C3CC3)NC(=O)C2CC)C1. The summed E-state index contributed by atoms with van der Waals surface area (Å²) < 4.78 is 5.58. The molecule has 0 bridgehead atoms. The van der Waals surface area contributed by atoms with Crippen LogP contribution in [0, 0.1) is 5.92 Å². The first-order valence-corrected chi connectivity index (χ1v) is 7.89. The van der Waals surface area contributed by atoms with Crippen molar-refractivity contribution in [2.75, 3.05) is 6.61 Å². The minimum atomic E-state index is -0.287. The molecule has 1 N–H and O–H groups in total. The Balaban J connectivity index is 1.71. The first kappa shape index (κ1) is 13.9. The van der Waals surface area contributed by atoms with Gasteiger partial charge in [-0.2, -0.15) is 0 Å². The molecule has 3 aliphatic rings. The lowest BCUT2D eigenvalue weighted by molar-refractivity contribution is -0.159. The quantitative estimate of drug-likeness (QED) is 0.819. The Hall–Kier alpha value is -1.10. The molecular weight excluding hydrogens is 256 g/mol. The highest BCUT2D eigenvalue weighted by molar-refractivity contribution is 5.97. The van der Waals surface area contributed by atoms with Crippen molar-refractivity contribution in [3.05, 3.63) is 0 Å². The van der Waals surface area contributed by atoms with Crippen molar-refractivity contribution >= 4 is 11.8 Å². The molecule has 0 spiro atoms. The predicted octanol–water partition coefficient (Wildman–Crippen LogP) is 1.07. The fourth-order valence-electron chi connectivity index (χ4n) is 3.45. The number of ether oxygens (including phenoxy) is 1. The summed E-state index contributed by atoms with van der Waals surface area (Å²) in [7, 11) is 0. The van der Waals surface area contributed by atoms with E-state index >= 15 is 0 Å². The molecular formula is C15H24N2O3. The first-order chi connectivity index (χ1) is 9.65. The van der Waals surface area contributed by atoms with Crippen LogP contribution in [0.15, 0.2) is 0 Å². The Labute approximate surface area is 120 Å². The van der Waals surface area contributed by atoms with Crippen molar-refractivity contribution in [3.8, 4) is 0 Å². The van der Waals surface area contributed by atoms with Gasteiger partial charge in [0, 0.05) is 12.6 Å². The lowest BCUT2D eigenvalue weighted by Crippen LogP contribution is -2.68. The van der Waals surface area contributed by atoms with E-state index in [2.05, 4.69) is 5.32 Å². The third kappa shape index (κ3) is 2.32. The fourth-order valence-corrected chi connectivity index (χ4v) is 3.45. The fraction of sp³-hybridized carbons (Fsp3) is 0.867. The molecule has 5 nitrogen and oxygen atoms in total. The normalized spacial score (nSPS) is 37.6. The van der Waals surface area contributed by atoms with Gasteiger partial charge in [0.05, 0.1) is 6.10 Å². The Morgan fingerprint density at radius 2 is 1.95 bits per heavy atom. The summed E-state index contributed by atoms with van der Waals surface area (Å²) in [4.78, 5) is 26.8. The van der Waals surface area contributed by atoms with E-state index in [0.717, 1.165) is 25.7 Å². The average molecular weight is 280 g/mol. The summed E-state index contributed by atoms with van der Waals surface area (Å²) in [6, 6.07) is -0.363. The monoisotopic (exact) mass is 280 g/mol. The second-order valence-corrected chi connectivity index (χ2v) is 6.20. The molecule has 2 amide bonds. The van der Waals surface area contributed by atoms with E-state index in [1.165, 1.54) is 0 Å². The standard InChI is InChI=1S/C15H24N2O3/c1-3-12-14(18)16-13(9-5-6-9)15(19)17(12)10-7-11(8-10)20-4-2/h9-13H,3-8H2,1-2H3,(H,16,18). The van der Waals surface area contributed by atoms with Crippen molar-refractivity contribution in [1.29, 1.82) is 0 Å². The maximum atomic E-state index is 12.7. The minimum absolute atomic E-state index is 0.0314. The third-order valence-electron chi connectivity index (χ3n) is 4.80. The zero-order chi connectivity index (χ0) is 14.3. The maximum Gasteiger partial charge on any atom is 0.246 e. The number of carbonyl (C=O) groups is 2. The van der Waals surface area contributed by atoms with Gasteiger partial charge in [0.25, 0.3) is 0 Å². The van der Waals surface area contributed by atoms with E-state index in [1.54, 1.807) is 0 Å². The van der Waals surface area contributed by atoms with Crippen molar-refractivity contribution in [3.63, 3.8) is 0 Å². The van der Waals surface area contributed by atoms with Crippen LogP contribution in [0.25, 0.3) is 0 Å². The minimum Gasteiger partial charge on any atom is -0.378 e. The van der Waals surface area contributed by atoms with Crippen LogP contribution in [0.4, 0.5) is 0 Å². The van der Waals surface area contributed by atoms with Crippen LogP contribution < -0.4 is 5.32 Å². The van der Waals surface area contributed by atoms with Gasteiger partial charge >= 0.3 is 0 Å². The maximum absolute atomic E-state index is 12.7. The number of nitrogens with zero attached hydrogens (tertiary/aromatic N) is 1. The van der Waals surface area contributed by atoms with Crippen molar-refractivity contribution < 1.29 is 14.3 Å². The molecule has 2 saturated carbocycles. The number of carbonyl (C=O) groups excluding carboxylic acids is 2. The molecule has 2 atom stereocenters. The van der Waals surface area contributed by atoms with Gasteiger partial charge in [-0.15, -0.1) is 0 Å². The zero-order valence-corrected chi connectivity index (χ0v) is 12.3. The van der Waals surface area contributed by atoms with Crippen molar-refractivity contribution in [2.45, 2.75) is 70.2 Å². The number of hydrogen-bond acceptors (Lipinski definition) is 3. The molecule has 1 heterocycles. The molecule has 0 radical (unpaired) electrons. The zero-order valence-electron chi connectivity index (χ0n) is 12.3. The predicted molar refractivity (Wildman–Crippen MR) is 74.0 cm³/mol. The van der Waals surface area contributed by atoms with Crippen LogP contribution in [0.3, 0.4) is 0 Å². The topological polar surface area (TPSA) is 58.6 Å². The lowest BCUT2D eigenvalue weighted by Gasteiger charge is -2.49. The Kier molecular flexibility index (Phi) is 3.71. The summed E-state index contributed by atoms with van der Waals surface area (Å²) >= 11 is 0.